The van der Waals surface area contributed by atoms with Crippen LogP contribution >= 0.6 is 0 Å². The zero-order valence-corrected chi connectivity index (χ0v) is 21.9. The number of nitrogens with zero attached hydrogens (tertiary/aromatic N) is 1. The molecule has 0 unspecified atom stereocenters. The fraction of sp³-hybridized carbons (Fsp3) is 0.793. The van der Waals surface area contributed by atoms with Crippen LogP contribution in [0.3, 0.4) is 0 Å². The third kappa shape index (κ3) is 3.67. The third-order valence-electron chi connectivity index (χ3n) is 11.7. The van der Waals surface area contributed by atoms with Crippen LogP contribution < -0.4 is 16.3 Å². The summed E-state index contributed by atoms with van der Waals surface area (Å²) in [5.41, 5.74) is 0.122. The predicted molar refractivity (Wildman–Crippen MR) is 138 cm³/mol. The molecule has 7 heteroatoms. The van der Waals surface area contributed by atoms with Crippen molar-refractivity contribution in [2.24, 2.45) is 28.6 Å². The number of carbonyl (C=O) groups is 1. The van der Waals surface area contributed by atoms with E-state index in [1.807, 2.05) is 11.0 Å². The number of fused-ring (bicyclic) bond motifs is 5. The number of amides is 2. The first kappa shape index (κ1) is 24.5. The molecular weight excluding hydrogens is 454 g/mol. The summed E-state index contributed by atoms with van der Waals surface area (Å²) in [5, 5.41) is 19.1. The molecule has 4 saturated carbocycles. The maximum absolute atomic E-state index is 12.8. The van der Waals surface area contributed by atoms with Gasteiger partial charge < -0.3 is 25.1 Å². The van der Waals surface area contributed by atoms with Crippen LogP contribution in [-0.4, -0.2) is 53.9 Å². The van der Waals surface area contributed by atoms with E-state index in [-0.39, 0.29) is 34.4 Å². The van der Waals surface area contributed by atoms with Gasteiger partial charge in [0.1, 0.15) is 0 Å². The van der Waals surface area contributed by atoms with E-state index in [1.54, 1.807) is 6.26 Å². The molecule has 2 heterocycles. The van der Waals surface area contributed by atoms with Gasteiger partial charge in [0.2, 0.25) is 0 Å². The molecule has 0 radical (unpaired) electrons. The largest absolute Gasteiger partial charge is 0.431 e. The summed E-state index contributed by atoms with van der Waals surface area (Å²) in [7, 11) is 0. The molecule has 1 saturated heterocycles. The number of nitrogens with one attached hydrogen (secondary N) is 2. The minimum absolute atomic E-state index is 0.107. The van der Waals surface area contributed by atoms with Gasteiger partial charge in [-0.3, -0.25) is 0 Å². The van der Waals surface area contributed by atoms with Crippen molar-refractivity contribution in [2.75, 3.05) is 26.2 Å². The van der Waals surface area contributed by atoms with E-state index in [4.69, 9.17) is 4.42 Å². The Kier molecular flexibility index (Phi) is 6.03. The molecule has 7 nitrogen and oxygen atoms in total. The molecule has 0 aromatic carbocycles. The number of urea groups is 1. The van der Waals surface area contributed by atoms with Crippen LogP contribution in [0.5, 0.6) is 0 Å². The SMILES string of the molecule is C[C@@]12CC[C@@H](NC(=O)N3CCNCC3)C[C@H]1CC[C@@H]1[C@H]2CC[C@]2(C)[C@@H](c3ccc(=O)oc3)CC[C@@]12O. The molecule has 6 rings (SSSR count). The quantitative estimate of drug-likeness (QED) is 0.577. The lowest BCUT2D eigenvalue weighted by Gasteiger charge is -2.63. The number of hydrogen-bond donors (Lipinski definition) is 3. The van der Waals surface area contributed by atoms with Gasteiger partial charge in [-0.1, -0.05) is 13.8 Å². The molecule has 2 amide bonds. The molecule has 0 spiro atoms. The maximum Gasteiger partial charge on any atom is 0.335 e. The summed E-state index contributed by atoms with van der Waals surface area (Å²) in [6.45, 7) is 8.12. The van der Waals surface area contributed by atoms with E-state index in [0.717, 1.165) is 89.5 Å². The molecular formula is C29H43N3O4. The Balaban J connectivity index is 1.17. The van der Waals surface area contributed by atoms with Gasteiger partial charge in [0.15, 0.2) is 0 Å². The van der Waals surface area contributed by atoms with Gasteiger partial charge in [-0.15, -0.1) is 0 Å². The molecule has 0 bridgehead atoms. The monoisotopic (exact) mass is 497 g/mol. The lowest BCUT2D eigenvalue weighted by molar-refractivity contribution is -0.201. The highest BCUT2D eigenvalue weighted by Gasteiger charge is 2.67. The summed E-state index contributed by atoms with van der Waals surface area (Å²) in [6, 6.07) is 3.80. The summed E-state index contributed by atoms with van der Waals surface area (Å²) >= 11 is 0. The Morgan fingerprint density at radius 3 is 2.61 bits per heavy atom. The van der Waals surface area contributed by atoms with Gasteiger partial charge >= 0.3 is 11.7 Å². The highest BCUT2D eigenvalue weighted by molar-refractivity contribution is 5.74. The number of hydrogen-bond acceptors (Lipinski definition) is 5. The summed E-state index contributed by atoms with van der Waals surface area (Å²) in [6.07, 6.45) is 11.0. The van der Waals surface area contributed by atoms with E-state index in [2.05, 4.69) is 24.5 Å². The fourth-order valence-electron chi connectivity index (χ4n) is 9.59. The van der Waals surface area contributed by atoms with Gasteiger partial charge in [-0.25, -0.2) is 9.59 Å². The van der Waals surface area contributed by atoms with E-state index in [9.17, 15) is 14.7 Å². The second-order valence-corrected chi connectivity index (χ2v) is 13.0. The smallest absolute Gasteiger partial charge is 0.335 e. The Bertz CT molecular complexity index is 1030. The van der Waals surface area contributed by atoms with Crippen molar-refractivity contribution in [1.82, 2.24) is 15.5 Å². The van der Waals surface area contributed by atoms with Gasteiger partial charge in [0.25, 0.3) is 0 Å². The van der Waals surface area contributed by atoms with Crippen molar-refractivity contribution in [3.63, 3.8) is 0 Å². The standard InChI is InChI=1S/C29H43N3O4/c1-27-10-7-21(31-26(34)32-15-13-30-14-16-32)17-20(27)4-5-24-23(27)8-11-28(2)22(9-12-29(24,28)35)19-3-6-25(33)36-18-19/h3,6,18,20-24,30,35H,4-5,7-17H2,1-2H3,(H,31,34)/t20-,21-,22-,23-,24-,27-,28-,29-/m1/s1. The topological polar surface area (TPSA) is 94.8 Å². The first-order valence-corrected chi connectivity index (χ1v) is 14.3. The van der Waals surface area contributed by atoms with Crippen molar-refractivity contribution < 1.29 is 14.3 Å². The first-order chi connectivity index (χ1) is 17.2. The van der Waals surface area contributed by atoms with Crippen molar-refractivity contribution >= 4 is 6.03 Å². The second kappa shape index (κ2) is 8.87. The second-order valence-electron chi connectivity index (χ2n) is 13.0. The average Bonchev–Trinajstić information content (AvgIpc) is 3.16. The van der Waals surface area contributed by atoms with Crippen molar-refractivity contribution in [1.29, 1.82) is 0 Å². The van der Waals surface area contributed by atoms with E-state index >= 15 is 0 Å². The highest BCUT2D eigenvalue weighted by atomic mass is 16.4. The highest BCUT2D eigenvalue weighted by Crippen LogP contribution is 2.70. The third-order valence-corrected chi connectivity index (χ3v) is 11.7. The molecule has 1 aromatic heterocycles. The molecule has 198 valence electrons. The number of aliphatic hydroxyl groups is 1. The normalized spacial score (nSPS) is 44.3. The lowest BCUT2D eigenvalue weighted by Crippen LogP contribution is -2.62. The average molecular weight is 498 g/mol. The van der Waals surface area contributed by atoms with Crippen LogP contribution in [0.2, 0.25) is 0 Å². The van der Waals surface area contributed by atoms with Crippen LogP contribution in [0, 0.1) is 28.6 Å². The Morgan fingerprint density at radius 1 is 1.06 bits per heavy atom. The summed E-state index contributed by atoms with van der Waals surface area (Å²) in [4.78, 5) is 26.3. The molecule has 3 N–H and O–H groups in total. The molecule has 8 atom stereocenters. The van der Waals surface area contributed by atoms with Crippen molar-refractivity contribution in [3.8, 4) is 0 Å². The molecule has 5 aliphatic rings. The Labute approximate surface area is 214 Å². The number of piperazine rings is 1. The number of rotatable bonds is 2. The lowest BCUT2D eigenvalue weighted by atomic mass is 9.43. The fourth-order valence-corrected chi connectivity index (χ4v) is 9.59. The Morgan fingerprint density at radius 2 is 1.86 bits per heavy atom. The predicted octanol–water partition coefficient (Wildman–Crippen LogP) is 3.86. The molecule has 1 aliphatic heterocycles. The van der Waals surface area contributed by atoms with E-state index in [0.29, 0.717) is 17.8 Å². The minimum Gasteiger partial charge on any atom is -0.431 e. The van der Waals surface area contributed by atoms with E-state index in [1.165, 1.54) is 6.07 Å². The molecule has 36 heavy (non-hydrogen) atoms. The van der Waals surface area contributed by atoms with Crippen LogP contribution in [0.4, 0.5) is 4.79 Å². The van der Waals surface area contributed by atoms with Crippen molar-refractivity contribution in [3.05, 3.63) is 34.4 Å². The summed E-state index contributed by atoms with van der Waals surface area (Å²) in [5.74, 6) is 1.69. The number of carbonyl (C=O) groups excluding carboxylic acids is 1. The molecule has 4 aliphatic carbocycles. The molecule has 5 fully saturated rings. The van der Waals surface area contributed by atoms with Crippen LogP contribution in [0.1, 0.15) is 83.1 Å². The van der Waals surface area contributed by atoms with Gasteiger partial charge in [-0.05, 0) is 98.5 Å². The van der Waals surface area contributed by atoms with Crippen molar-refractivity contribution in [2.45, 2.75) is 89.2 Å². The van der Waals surface area contributed by atoms with Gasteiger partial charge in [-0.2, -0.15) is 0 Å². The maximum atomic E-state index is 12.8. The Hall–Kier alpha value is -1.86. The van der Waals surface area contributed by atoms with Crippen LogP contribution in [-0.2, 0) is 0 Å². The summed E-state index contributed by atoms with van der Waals surface area (Å²) < 4.78 is 5.22. The first-order valence-electron chi connectivity index (χ1n) is 14.3. The zero-order valence-electron chi connectivity index (χ0n) is 21.9. The van der Waals surface area contributed by atoms with Crippen LogP contribution in [0.25, 0.3) is 0 Å². The minimum atomic E-state index is -0.669. The van der Waals surface area contributed by atoms with Gasteiger partial charge in [0, 0.05) is 43.7 Å². The zero-order chi connectivity index (χ0) is 25.1. The van der Waals surface area contributed by atoms with Gasteiger partial charge in [0.05, 0.1) is 11.9 Å². The molecule has 1 aromatic rings. The van der Waals surface area contributed by atoms with Crippen LogP contribution in [0.15, 0.2) is 27.6 Å². The van der Waals surface area contributed by atoms with E-state index < -0.39 is 5.60 Å².